The molecule has 12 nitrogen and oxygen atoms in total. The van der Waals surface area contributed by atoms with E-state index in [2.05, 4.69) is 24.8 Å². The van der Waals surface area contributed by atoms with Gasteiger partial charge in [-0.15, -0.1) is 5.10 Å². The van der Waals surface area contributed by atoms with Gasteiger partial charge in [0.15, 0.2) is 11.5 Å². The van der Waals surface area contributed by atoms with Crippen molar-refractivity contribution < 1.29 is 37.7 Å². The van der Waals surface area contributed by atoms with E-state index >= 15 is 0 Å². The molecule has 3 aromatic heterocycles. The van der Waals surface area contributed by atoms with Crippen LogP contribution in [0.1, 0.15) is 34.5 Å². The fourth-order valence-electron chi connectivity index (χ4n) is 4.01. The van der Waals surface area contributed by atoms with E-state index in [9.17, 15) is 13.6 Å². The number of carboxylic acids is 1. The van der Waals surface area contributed by atoms with Crippen molar-refractivity contribution in [3.8, 4) is 28.4 Å². The number of ether oxygens (including phenoxy) is 3. The second kappa shape index (κ2) is 12.8. The summed E-state index contributed by atoms with van der Waals surface area (Å²) >= 11 is 0. The number of aliphatic carboxylic acids is 1. The summed E-state index contributed by atoms with van der Waals surface area (Å²) in [7, 11) is 2.83. The van der Waals surface area contributed by atoms with Gasteiger partial charge in [-0.3, -0.25) is 4.79 Å². The maximum Gasteiger partial charge on any atom is 0.387 e. The second-order valence-corrected chi connectivity index (χ2v) is 8.79. The molecule has 0 unspecified atom stereocenters. The van der Waals surface area contributed by atoms with Crippen molar-refractivity contribution in [3.05, 3.63) is 83.8 Å². The van der Waals surface area contributed by atoms with Crippen LogP contribution in [-0.2, 0) is 16.0 Å². The van der Waals surface area contributed by atoms with E-state index in [4.69, 9.17) is 19.4 Å². The molecule has 0 aliphatic rings. The summed E-state index contributed by atoms with van der Waals surface area (Å²) in [5.74, 6) is -0.327. The Morgan fingerprint density at radius 1 is 1.07 bits per heavy atom. The van der Waals surface area contributed by atoms with Crippen LogP contribution in [0.5, 0.6) is 11.5 Å². The molecule has 3 heterocycles. The second-order valence-electron chi connectivity index (χ2n) is 8.79. The van der Waals surface area contributed by atoms with Crippen LogP contribution < -0.4 is 9.47 Å². The molecule has 14 heteroatoms. The fourth-order valence-corrected chi connectivity index (χ4v) is 4.01. The molecule has 0 amide bonds. The zero-order valence-electron chi connectivity index (χ0n) is 23.0. The van der Waals surface area contributed by atoms with E-state index in [1.165, 1.54) is 29.8 Å². The Labute approximate surface area is 238 Å². The van der Waals surface area contributed by atoms with E-state index in [1.807, 2.05) is 35.9 Å². The highest BCUT2D eigenvalue weighted by atomic mass is 19.3. The number of hydrogen-bond donors (Lipinski definition) is 1. The number of hydrogen-bond acceptors (Lipinski definition) is 9. The predicted octanol–water partition coefficient (Wildman–Crippen LogP) is 4.36. The first-order chi connectivity index (χ1) is 20.1. The van der Waals surface area contributed by atoms with E-state index in [1.54, 1.807) is 25.6 Å². The van der Waals surface area contributed by atoms with Crippen LogP contribution in [0.2, 0.25) is 0 Å². The number of carboxylic acid groups (broad SMARTS) is 1. The number of halogens is 2. The highest BCUT2D eigenvalue weighted by Gasteiger charge is 2.18. The molecule has 0 atom stereocenters. The Bertz CT molecular complexity index is 1730. The van der Waals surface area contributed by atoms with Crippen LogP contribution in [0, 0.1) is 6.92 Å². The van der Waals surface area contributed by atoms with Gasteiger partial charge >= 0.3 is 12.6 Å². The van der Waals surface area contributed by atoms with Crippen molar-refractivity contribution in [1.29, 1.82) is 0 Å². The molecule has 1 N–H and O–H groups in total. The summed E-state index contributed by atoms with van der Waals surface area (Å²) in [6.07, 6.45) is 3.95. The molecule has 5 rings (SSSR count). The molecule has 0 radical (unpaired) electrons. The topological polar surface area (TPSA) is 143 Å². The van der Waals surface area contributed by atoms with Crippen molar-refractivity contribution in [2.45, 2.75) is 26.9 Å². The van der Waals surface area contributed by atoms with Gasteiger partial charge < -0.3 is 23.9 Å². The number of carbonyl (C=O) groups excluding carboxylic acids is 1. The number of nitrogens with zero attached hydrogens (tertiary/aromatic N) is 6. The number of aromatic nitrogens is 6. The lowest BCUT2D eigenvalue weighted by Crippen LogP contribution is -2.08. The van der Waals surface area contributed by atoms with E-state index in [0.717, 1.165) is 23.9 Å². The molecule has 42 heavy (non-hydrogen) atoms. The summed E-state index contributed by atoms with van der Waals surface area (Å²) in [6.45, 7) is 0.00934. The third-order valence-corrected chi connectivity index (χ3v) is 5.70. The van der Waals surface area contributed by atoms with Crippen molar-refractivity contribution in [2.75, 3.05) is 14.2 Å². The molecule has 2 aromatic carbocycles. The number of alkyl halides is 2. The lowest BCUT2D eigenvalue weighted by Gasteiger charge is -2.10. The summed E-state index contributed by atoms with van der Waals surface area (Å²) in [4.78, 5) is 34.3. The molecule has 0 bridgehead atoms. The number of methoxy groups -OCH3 is 2. The fraction of sp³-hybridized carbons (Fsp3) is 0.214. The molecule has 0 spiro atoms. The summed E-state index contributed by atoms with van der Waals surface area (Å²) < 4.78 is 43.8. The molecule has 0 saturated heterocycles. The van der Waals surface area contributed by atoms with Gasteiger partial charge in [0.1, 0.15) is 11.5 Å². The Morgan fingerprint density at radius 2 is 1.83 bits per heavy atom. The van der Waals surface area contributed by atoms with Crippen LogP contribution in [0.3, 0.4) is 0 Å². The molecular formula is C28H26F2N6O6. The minimum Gasteiger partial charge on any atom is -0.495 e. The number of esters is 1. The number of aryl methyl sites for hydroxylation is 1. The van der Waals surface area contributed by atoms with Crippen LogP contribution in [-0.4, -0.2) is 67.0 Å². The van der Waals surface area contributed by atoms with Crippen molar-refractivity contribution in [3.63, 3.8) is 0 Å². The van der Waals surface area contributed by atoms with Crippen LogP contribution >= 0.6 is 0 Å². The number of fused-ring (bicyclic) bond motifs is 1. The lowest BCUT2D eigenvalue weighted by atomic mass is 10.1. The maximum atomic E-state index is 12.8. The largest absolute Gasteiger partial charge is 0.495 e. The van der Waals surface area contributed by atoms with Gasteiger partial charge in [0, 0.05) is 25.1 Å². The van der Waals surface area contributed by atoms with Gasteiger partial charge in [-0.25, -0.2) is 14.8 Å². The summed E-state index contributed by atoms with van der Waals surface area (Å²) in [5.41, 5.74) is 3.45. The van der Waals surface area contributed by atoms with Crippen molar-refractivity contribution in [2.24, 2.45) is 0 Å². The Kier molecular flexibility index (Phi) is 9.05. The van der Waals surface area contributed by atoms with Gasteiger partial charge in [0.05, 0.1) is 37.6 Å². The van der Waals surface area contributed by atoms with Gasteiger partial charge in [-0.1, -0.05) is 18.2 Å². The Hall–Kier alpha value is -5.40. The number of carbonyl (C=O) groups is 2. The van der Waals surface area contributed by atoms with Crippen LogP contribution in [0.15, 0.2) is 61.1 Å². The monoisotopic (exact) mass is 580 g/mol. The average Bonchev–Trinajstić information content (AvgIpc) is 3.56. The molecule has 0 aliphatic heterocycles. The summed E-state index contributed by atoms with van der Waals surface area (Å²) in [5, 5.41) is 12.0. The van der Waals surface area contributed by atoms with Crippen molar-refractivity contribution in [1.82, 2.24) is 29.1 Å². The van der Waals surface area contributed by atoms with Crippen LogP contribution in [0.4, 0.5) is 8.78 Å². The zero-order chi connectivity index (χ0) is 30.4. The van der Waals surface area contributed by atoms with E-state index < -0.39 is 18.6 Å². The van der Waals surface area contributed by atoms with E-state index in [-0.39, 0.29) is 17.2 Å². The highest BCUT2D eigenvalue weighted by molar-refractivity contribution is 5.89. The van der Waals surface area contributed by atoms with Gasteiger partial charge in [-0.05, 0) is 42.8 Å². The highest BCUT2D eigenvalue weighted by Crippen LogP contribution is 2.28. The molecule has 0 saturated carbocycles. The average molecular weight is 581 g/mol. The standard InChI is InChI=1S/C26H22F2N6O4.C2H4O2/c1-15-13-33(14-29-15)20-8-7-16(9-22(20)36-2)10-23-31-26-30-19(24(35)37-3)12-21(34(26)32-23)17-5-4-6-18(11-17)38-25(27)28;1-2(3)4/h4-9,11-14,25H,10H2,1-3H3;1H3,(H,3,4). The molecule has 218 valence electrons. The molecule has 0 aliphatic carbocycles. The van der Waals surface area contributed by atoms with Gasteiger partial charge in [-0.2, -0.15) is 18.3 Å². The smallest absolute Gasteiger partial charge is 0.387 e. The number of imidazole rings is 1. The van der Waals surface area contributed by atoms with E-state index in [0.29, 0.717) is 29.3 Å². The quantitative estimate of drug-likeness (QED) is 0.263. The lowest BCUT2D eigenvalue weighted by molar-refractivity contribution is -0.134. The first-order valence-corrected chi connectivity index (χ1v) is 12.4. The third kappa shape index (κ3) is 7.02. The third-order valence-electron chi connectivity index (χ3n) is 5.70. The Morgan fingerprint density at radius 3 is 2.48 bits per heavy atom. The van der Waals surface area contributed by atoms with Crippen molar-refractivity contribution >= 4 is 17.7 Å². The Balaban J connectivity index is 0.000000952. The first kappa shape index (κ1) is 29.6. The predicted molar refractivity (Wildman–Crippen MR) is 145 cm³/mol. The first-order valence-electron chi connectivity index (χ1n) is 12.4. The minimum atomic E-state index is -2.98. The summed E-state index contributed by atoms with van der Waals surface area (Å²) in [6, 6.07) is 13.3. The molecular weight excluding hydrogens is 554 g/mol. The van der Waals surface area contributed by atoms with Crippen LogP contribution in [0.25, 0.3) is 22.7 Å². The van der Waals surface area contributed by atoms with Gasteiger partial charge in [0.25, 0.3) is 11.7 Å². The normalized spacial score (nSPS) is 10.7. The SMILES string of the molecule is CC(=O)O.COC(=O)c1cc(-c2cccc(OC(F)F)c2)n2nc(Cc3ccc(-n4cnc(C)c4)c(OC)c3)nc2n1. The molecule has 0 fully saturated rings. The zero-order valence-corrected chi connectivity index (χ0v) is 23.0. The molecule has 5 aromatic rings. The minimum absolute atomic E-state index is 0.00391. The number of benzene rings is 2. The number of rotatable bonds is 8. The van der Waals surface area contributed by atoms with Gasteiger partial charge in [0.2, 0.25) is 0 Å². The maximum absolute atomic E-state index is 12.8.